The Morgan fingerprint density at radius 3 is 1.45 bits per heavy atom. The van der Waals surface area contributed by atoms with Gasteiger partial charge in [0.15, 0.2) is 0 Å². The van der Waals surface area contributed by atoms with Crippen molar-refractivity contribution in [2.24, 2.45) is 0 Å². The minimum Gasteiger partial charge on any atom is -0.663 e. The molecule has 0 N–H and O–H groups in total. The fourth-order valence-corrected chi connectivity index (χ4v) is 0.704. The second-order valence-corrected chi connectivity index (χ2v) is 2.45. The minimum atomic E-state index is 0. The summed E-state index contributed by atoms with van der Waals surface area (Å²) in [5.41, 5.74) is 0. The van der Waals surface area contributed by atoms with Crippen molar-refractivity contribution in [2.75, 3.05) is 14.1 Å². The van der Waals surface area contributed by atoms with E-state index >= 15 is 0 Å². The summed E-state index contributed by atoms with van der Waals surface area (Å²) in [4.78, 5) is 0. The summed E-state index contributed by atoms with van der Waals surface area (Å²) in [6, 6.07) is 0.924. The van der Waals surface area contributed by atoms with Gasteiger partial charge in [-0.25, -0.2) is 0 Å². The molecule has 0 aliphatic rings. The monoisotopic (exact) mass is 207 g/mol. The van der Waals surface area contributed by atoms with Gasteiger partial charge in [-0.15, -0.1) is 12.1 Å². The van der Waals surface area contributed by atoms with E-state index in [0.717, 1.165) is 6.42 Å². The van der Waals surface area contributed by atoms with Crippen LogP contribution in [-0.2, 0) is 19.5 Å². The molecule has 0 saturated carbocycles. The fraction of sp³-hybridized carbons (Fsp3) is 0.875. The zero-order valence-electron chi connectivity index (χ0n) is 8.46. The van der Waals surface area contributed by atoms with Crippen molar-refractivity contribution >= 4 is 0 Å². The van der Waals surface area contributed by atoms with Crippen LogP contribution in [0.3, 0.4) is 0 Å². The Labute approximate surface area is 84.3 Å². The van der Waals surface area contributed by atoms with Crippen LogP contribution in [0.25, 0.3) is 10.6 Å². The molecule has 0 amide bonds. The van der Waals surface area contributed by atoms with E-state index in [-0.39, 0.29) is 26.9 Å². The van der Waals surface area contributed by atoms with E-state index in [4.69, 9.17) is 0 Å². The Morgan fingerprint density at radius 1 is 1.00 bits per heavy atom. The second kappa shape index (κ2) is 10.5. The molecule has 0 aromatic rings. The number of nitrogens with zero attached hydrogens (tertiary/aromatic N) is 2. The molecule has 0 aliphatic heterocycles. The van der Waals surface area contributed by atoms with Gasteiger partial charge in [0.1, 0.15) is 0 Å². The number of hydrogen-bond acceptors (Lipinski definition) is 0. The van der Waals surface area contributed by atoms with Gasteiger partial charge in [-0.1, -0.05) is 20.3 Å². The fourth-order valence-electron chi connectivity index (χ4n) is 0.704. The Morgan fingerprint density at radius 2 is 1.27 bits per heavy atom. The van der Waals surface area contributed by atoms with Gasteiger partial charge in [-0.05, 0) is 0 Å². The maximum absolute atomic E-state index is 4.12. The van der Waals surface area contributed by atoms with Gasteiger partial charge < -0.3 is 18.1 Å². The molecular weight excluding hydrogens is 189 g/mol. The molecule has 2 atom stereocenters. The first-order valence-corrected chi connectivity index (χ1v) is 3.38. The SMILES string of the molecule is C[N-]C(C)CC(C)[N-]C.[CH3-].[Zn]. The van der Waals surface area contributed by atoms with Gasteiger partial charge >= 0.3 is 0 Å². The van der Waals surface area contributed by atoms with Crippen LogP contribution in [0.5, 0.6) is 0 Å². The molecule has 0 fully saturated rings. The molecule has 2 unspecified atom stereocenters. The average molecular weight is 209 g/mol. The van der Waals surface area contributed by atoms with Crippen LogP contribution in [0, 0.1) is 7.43 Å². The minimum absolute atomic E-state index is 0. The molecule has 0 spiro atoms. The van der Waals surface area contributed by atoms with Crippen molar-refractivity contribution in [1.82, 2.24) is 0 Å². The van der Waals surface area contributed by atoms with Crippen molar-refractivity contribution in [3.05, 3.63) is 18.1 Å². The topological polar surface area (TPSA) is 28.2 Å². The Hall–Kier alpha value is 0.543. The van der Waals surface area contributed by atoms with Gasteiger partial charge in [0.05, 0.1) is 0 Å². The molecule has 2 nitrogen and oxygen atoms in total. The molecule has 0 radical (unpaired) electrons. The van der Waals surface area contributed by atoms with Crippen molar-refractivity contribution in [2.45, 2.75) is 32.4 Å². The van der Waals surface area contributed by atoms with Crippen LogP contribution in [0.1, 0.15) is 20.3 Å². The third-order valence-electron chi connectivity index (χ3n) is 1.56. The molecule has 0 heterocycles. The van der Waals surface area contributed by atoms with Crippen LogP contribution in [-0.4, -0.2) is 26.2 Å². The quantitative estimate of drug-likeness (QED) is 0.502. The van der Waals surface area contributed by atoms with Crippen molar-refractivity contribution < 1.29 is 19.5 Å². The van der Waals surface area contributed by atoms with E-state index in [1.165, 1.54) is 0 Å². The van der Waals surface area contributed by atoms with E-state index in [1.807, 2.05) is 14.1 Å². The van der Waals surface area contributed by atoms with Crippen molar-refractivity contribution in [1.29, 1.82) is 0 Å². The summed E-state index contributed by atoms with van der Waals surface area (Å²) in [5.74, 6) is 0. The van der Waals surface area contributed by atoms with Gasteiger partial charge in [0.25, 0.3) is 0 Å². The van der Waals surface area contributed by atoms with Crippen LogP contribution >= 0.6 is 0 Å². The summed E-state index contributed by atoms with van der Waals surface area (Å²) in [5, 5.41) is 8.23. The van der Waals surface area contributed by atoms with E-state index in [0.29, 0.717) is 12.1 Å². The van der Waals surface area contributed by atoms with Crippen molar-refractivity contribution in [3.63, 3.8) is 0 Å². The summed E-state index contributed by atoms with van der Waals surface area (Å²) in [6.07, 6.45) is 1.08. The van der Waals surface area contributed by atoms with Gasteiger partial charge in [-0.2, -0.15) is 14.1 Å². The van der Waals surface area contributed by atoms with E-state index in [9.17, 15) is 0 Å². The van der Waals surface area contributed by atoms with Gasteiger partial charge in [0, 0.05) is 19.5 Å². The van der Waals surface area contributed by atoms with E-state index < -0.39 is 0 Å². The number of rotatable bonds is 4. The predicted molar refractivity (Wildman–Crippen MR) is 48.5 cm³/mol. The Bertz CT molecular complexity index is 61.1. The summed E-state index contributed by atoms with van der Waals surface area (Å²) in [6.45, 7) is 4.23. The molecule has 0 bridgehead atoms. The van der Waals surface area contributed by atoms with Crippen molar-refractivity contribution in [3.8, 4) is 0 Å². The second-order valence-electron chi connectivity index (χ2n) is 2.45. The zero-order valence-corrected chi connectivity index (χ0v) is 11.4. The van der Waals surface area contributed by atoms with Gasteiger partial charge in [-0.3, -0.25) is 0 Å². The smallest absolute Gasteiger partial charge is 0 e. The molecule has 0 saturated heterocycles. The average Bonchev–Trinajstić information content (AvgIpc) is 1.87. The standard InChI is InChI=1S/C7H16N2.CH3.Zn/c1-6(8-3)5-7(2)9-4;;/h6-7H,5H2,1-4H3;1H3;/q-2;-1;. The molecule has 0 aromatic heterocycles. The number of hydrogen-bond donors (Lipinski definition) is 0. The van der Waals surface area contributed by atoms with Gasteiger partial charge in [0.2, 0.25) is 0 Å². The Kier molecular flexibility index (Phi) is 16.9. The molecule has 66 valence electrons. The Balaban J connectivity index is -0.000000320. The summed E-state index contributed by atoms with van der Waals surface area (Å²) in [7, 11) is 3.71. The summed E-state index contributed by atoms with van der Waals surface area (Å²) >= 11 is 0. The van der Waals surface area contributed by atoms with E-state index in [2.05, 4.69) is 24.5 Å². The largest absolute Gasteiger partial charge is 0.663 e. The zero-order chi connectivity index (χ0) is 7.28. The molecule has 0 aliphatic carbocycles. The first-order chi connectivity index (χ1) is 4.20. The van der Waals surface area contributed by atoms with E-state index in [1.54, 1.807) is 0 Å². The predicted octanol–water partition coefficient (Wildman–Crippen LogP) is 2.61. The van der Waals surface area contributed by atoms with Crippen LogP contribution in [0.15, 0.2) is 0 Å². The summed E-state index contributed by atoms with van der Waals surface area (Å²) < 4.78 is 0. The van der Waals surface area contributed by atoms with Crippen LogP contribution < -0.4 is 0 Å². The maximum atomic E-state index is 4.12. The first kappa shape index (κ1) is 17.6. The molecular formula is C8H19N2Zn-3. The van der Waals surface area contributed by atoms with Crippen LogP contribution in [0.2, 0.25) is 0 Å². The normalized spacial score (nSPS) is 14.2. The van der Waals surface area contributed by atoms with Crippen LogP contribution in [0.4, 0.5) is 0 Å². The molecule has 0 rings (SSSR count). The maximum Gasteiger partial charge on any atom is 0 e. The molecule has 3 heteroatoms. The molecule has 11 heavy (non-hydrogen) atoms. The first-order valence-electron chi connectivity index (χ1n) is 3.38. The third kappa shape index (κ3) is 10.5. The third-order valence-corrected chi connectivity index (χ3v) is 1.56. The molecule has 0 aromatic carbocycles.